The lowest BCUT2D eigenvalue weighted by molar-refractivity contribution is 0.0169. The van der Waals surface area contributed by atoms with Crippen molar-refractivity contribution in [1.29, 1.82) is 0 Å². The molecule has 2 aliphatic rings. The predicted molar refractivity (Wildman–Crippen MR) is 69.6 cm³/mol. The number of fused-ring (bicyclic) bond motifs is 1. The summed E-state index contributed by atoms with van der Waals surface area (Å²) in [7, 11) is 0. The number of benzene rings is 1. The van der Waals surface area contributed by atoms with Crippen molar-refractivity contribution in [2.24, 2.45) is 0 Å². The SMILES string of the molecule is CCc1ccc2c(c1)OC1(CCNCC1)CC2. The fraction of sp³-hybridized carbons (Fsp3) is 0.600. The molecule has 1 saturated heterocycles. The summed E-state index contributed by atoms with van der Waals surface area (Å²) >= 11 is 0. The minimum absolute atomic E-state index is 0.130. The molecule has 2 nitrogen and oxygen atoms in total. The molecule has 1 aromatic carbocycles. The number of nitrogens with one attached hydrogen (secondary N) is 1. The molecule has 2 heterocycles. The van der Waals surface area contributed by atoms with Crippen LogP contribution >= 0.6 is 0 Å². The summed E-state index contributed by atoms with van der Waals surface area (Å²) in [5.74, 6) is 1.15. The Hall–Kier alpha value is -1.02. The standard InChI is InChI=1S/C15H21NO/c1-2-12-3-4-13-5-6-15(17-14(13)11-12)7-9-16-10-8-15/h3-4,11,16H,2,5-10H2,1H3. The fourth-order valence-corrected chi connectivity index (χ4v) is 3.00. The molecular weight excluding hydrogens is 210 g/mol. The van der Waals surface area contributed by atoms with Gasteiger partial charge in [-0.2, -0.15) is 0 Å². The van der Waals surface area contributed by atoms with Gasteiger partial charge in [-0.05, 0) is 62.4 Å². The summed E-state index contributed by atoms with van der Waals surface area (Å²) in [5, 5.41) is 3.42. The third-order valence-electron chi connectivity index (χ3n) is 4.23. The van der Waals surface area contributed by atoms with Gasteiger partial charge in [-0.25, -0.2) is 0 Å². The minimum atomic E-state index is 0.130. The monoisotopic (exact) mass is 231 g/mol. The second-order valence-electron chi connectivity index (χ2n) is 5.33. The Morgan fingerprint density at radius 3 is 2.82 bits per heavy atom. The van der Waals surface area contributed by atoms with Crippen molar-refractivity contribution in [2.75, 3.05) is 13.1 Å². The molecule has 0 atom stereocenters. The van der Waals surface area contributed by atoms with Crippen molar-refractivity contribution >= 4 is 0 Å². The highest BCUT2D eigenvalue weighted by Gasteiger charge is 2.37. The Kier molecular flexibility index (Phi) is 2.83. The topological polar surface area (TPSA) is 21.3 Å². The van der Waals surface area contributed by atoms with E-state index in [1.165, 1.54) is 24.0 Å². The van der Waals surface area contributed by atoms with Crippen LogP contribution in [-0.4, -0.2) is 18.7 Å². The Labute approximate surface area is 103 Å². The summed E-state index contributed by atoms with van der Waals surface area (Å²) in [6, 6.07) is 6.74. The molecule has 0 bridgehead atoms. The van der Waals surface area contributed by atoms with E-state index in [-0.39, 0.29) is 5.60 Å². The zero-order valence-electron chi connectivity index (χ0n) is 10.6. The molecular formula is C15H21NO. The van der Waals surface area contributed by atoms with Crippen molar-refractivity contribution in [3.8, 4) is 5.75 Å². The molecule has 1 spiro atoms. The van der Waals surface area contributed by atoms with E-state index < -0.39 is 0 Å². The van der Waals surface area contributed by atoms with Crippen molar-refractivity contribution in [3.05, 3.63) is 29.3 Å². The molecule has 0 radical (unpaired) electrons. The molecule has 3 rings (SSSR count). The average molecular weight is 231 g/mol. The van der Waals surface area contributed by atoms with Gasteiger partial charge in [-0.15, -0.1) is 0 Å². The van der Waals surface area contributed by atoms with Gasteiger partial charge in [0.25, 0.3) is 0 Å². The van der Waals surface area contributed by atoms with Crippen molar-refractivity contribution in [3.63, 3.8) is 0 Å². The van der Waals surface area contributed by atoms with Crippen LogP contribution in [0.15, 0.2) is 18.2 Å². The third kappa shape index (κ3) is 2.06. The Morgan fingerprint density at radius 1 is 1.24 bits per heavy atom. The second-order valence-corrected chi connectivity index (χ2v) is 5.33. The molecule has 0 aliphatic carbocycles. The van der Waals surface area contributed by atoms with Gasteiger partial charge >= 0.3 is 0 Å². The molecule has 17 heavy (non-hydrogen) atoms. The van der Waals surface area contributed by atoms with Gasteiger partial charge in [0, 0.05) is 0 Å². The Balaban J connectivity index is 1.87. The van der Waals surface area contributed by atoms with E-state index in [0.29, 0.717) is 0 Å². The van der Waals surface area contributed by atoms with Crippen LogP contribution in [0.1, 0.15) is 37.3 Å². The third-order valence-corrected chi connectivity index (χ3v) is 4.23. The zero-order valence-corrected chi connectivity index (χ0v) is 10.6. The summed E-state index contributed by atoms with van der Waals surface area (Å²) in [6.07, 6.45) is 5.77. The van der Waals surface area contributed by atoms with Crippen LogP contribution in [0.25, 0.3) is 0 Å². The van der Waals surface area contributed by atoms with Gasteiger partial charge in [0.1, 0.15) is 11.4 Å². The van der Waals surface area contributed by atoms with Gasteiger partial charge < -0.3 is 10.1 Å². The summed E-state index contributed by atoms with van der Waals surface area (Å²) < 4.78 is 6.36. The molecule has 1 fully saturated rings. The predicted octanol–water partition coefficient (Wildman–Crippen LogP) is 2.70. The molecule has 2 heteroatoms. The maximum absolute atomic E-state index is 6.36. The molecule has 2 aliphatic heterocycles. The second kappa shape index (κ2) is 4.34. The van der Waals surface area contributed by atoms with E-state index in [9.17, 15) is 0 Å². The minimum Gasteiger partial charge on any atom is -0.487 e. The van der Waals surface area contributed by atoms with Gasteiger partial charge in [-0.3, -0.25) is 0 Å². The molecule has 0 unspecified atom stereocenters. The largest absolute Gasteiger partial charge is 0.487 e. The van der Waals surface area contributed by atoms with Crippen LogP contribution in [0.4, 0.5) is 0 Å². The number of piperidine rings is 1. The van der Waals surface area contributed by atoms with Crippen LogP contribution in [0.2, 0.25) is 0 Å². The first kappa shape index (κ1) is 11.1. The average Bonchev–Trinajstić information content (AvgIpc) is 2.39. The van der Waals surface area contributed by atoms with E-state index in [2.05, 4.69) is 30.4 Å². The molecule has 0 amide bonds. The first-order valence-corrected chi connectivity index (χ1v) is 6.83. The number of rotatable bonds is 1. The van der Waals surface area contributed by atoms with Crippen LogP contribution in [0.5, 0.6) is 5.75 Å². The van der Waals surface area contributed by atoms with E-state index in [4.69, 9.17) is 4.74 Å². The van der Waals surface area contributed by atoms with Crippen molar-refractivity contribution in [2.45, 2.75) is 44.6 Å². The quantitative estimate of drug-likeness (QED) is 0.802. The van der Waals surface area contributed by atoms with E-state index >= 15 is 0 Å². The van der Waals surface area contributed by atoms with E-state index in [0.717, 1.165) is 38.1 Å². The maximum Gasteiger partial charge on any atom is 0.123 e. The molecule has 1 N–H and O–H groups in total. The Bertz CT molecular complexity index is 407. The summed E-state index contributed by atoms with van der Waals surface area (Å²) in [6.45, 7) is 4.40. The fourth-order valence-electron chi connectivity index (χ4n) is 3.00. The highest BCUT2D eigenvalue weighted by atomic mass is 16.5. The Morgan fingerprint density at radius 2 is 2.06 bits per heavy atom. The summed E-state index contributed by atoms with van der Waals surface area (Å²) in [4.78, 5) is 0. The number of hydrogen-bond donors (Lipinski definition) is 1. The first-order chi connectivity index (χ1) is 8.31. The lowest BCUT2D eigenvalue weighted by Crippen LogP contribution is -2.48. The first-order valence-electron chi connectivity index (χ1n) is 6.83. The smallest absolute Gasteiger partial charge is 0.123 e. The van der Waals surface area contributed by atoms with Crippen molar-refractivity contribution in [1.82, 2.24) is 5.32 Å². The lowest BCUT2D eigenvalue weighted by Gasteiger charge is -2.41. The van der Waals surface area contributed by atoms with E-state index in [1.54, 1.807) is 0 Å². The lowest BCUT2D eigenvalue weighted by atomic mass is 9.83. The van der Waals surface area contributed by atoms with Crippen molar-refractivity contribution < 1.29 is 4.74 Å². The summed E-state index contributed by atoms with van der Waals surface area (Å²) in [5.41, 5.74) is 2.91. The highest BCUT2D eigenvalue weighted by Crippen LogP contribution is 2.38. The molecule has 92 valence electrons. The highest BCUT2D eigenvalue weighted by molar-refractivity contribution is 5.40. The molecule has 0 aromatic heterocycles. The van der Waals surface area contributed by atoms with Crippen LogP contribution in [0, 0.1) is 0 Å². The van der Waals surface area contributed by atoms with Gasteiger partial charge in [0.15, 0.2) is 0 Å². The molecule has 0 saturated carbocycles. The number of aryl methyl sites for hydroxylation is 2. The maximum atomic E-state index is 6.36. The van der Waals surface area contributed by atoms with Crippen LogP contribution in [-0.2, 0) is 12.8 Å². The number of ether oxygens (including phenoxy) is 1. The van der Waals surface area contributed by atoms with E-state index in [1.807, 2.05) is 0 Å². The van der Waals surface area contributed by atoms with Crippen LogP contribution < -0.4 is 10.1 Å². The molecule has 1 aromatic rings. The zero-order chi connectivity index (χ0) is 11.7. The van der Waals surface area contributed by atoms with Crippen LogP contribution in [0.3, 0.4) is 0 Å². The normalized spacial score (nSPS) is 21.9. The van der Waals surface area contributed by atoms with Gasteiger partial charge in [0.2, 0.25) is 0 Å². The number of hydrogen-bond acceptors (Lipinski definition) is 2. The van der Waals surface area contributed by atoms with Gasteiger partial charge in [0.05, 0.1) is 0 Å². The van der Waals surface area contributed by atoms with Gasteiger partial charge in [-0.1, -0.05) is 19.1 Å².